The fraction of sp³-hybridized carbons (Fsp3) is 0.0526. The maximum Gasteiger partial charge on any atom is 0.275 e. The fourth-order valence-electron chi connectivity index (χ4n) is 2.95. The molecule has 5 heterocycles. The Morgan fingerprint density at radius 3 is 2.66 bits per heavy atom. The predicted molar refractivity (Wildman–Crippen MR) is 115 cm³/mol. The molecular formula is C19H13ClN4O3S2. The molecule has 5 rings (SSSR count). The molecule has 4 aromatic heterocycles. The number of nitrogens with one attached hydrogen (secondary N) is 1. The second-order valence-electron chi connectivity index (χ2n) is 6.10. The first-order valence-electron chi connectivity index (χ1n) is 8.32. The predicted octanol–water partition coefficient (Wildman–Crippen LogP) is 4.74. The Morgan fingerprint density at radius 2 is 2.00 bits per heavy atom. The molecule has 0 atom stereocenters. The third kappa shape index (κ3) is 3.23. The number of anilines is 1. The molecule has 2 amide bonds. The molecule has 146 valence electrons. The molecule has 0 saturated heterocycles. The Morgan fingerprint density at radius 1 is 1.14 bits per heavy atom. The summed E-state index contributed by atoms with van der Waals surface area (Å²) in [6, 6.07) is 7.49. The summed E-state index contributed by atoms with van der Waals surface area (Å²) in [4.78, 5) is 35.5. The monoisotopic (exact) mass is 444 g/mol. The summed E-state index contributed by atoms with van der Waals surface area (Å²) in [5, 5.41) is 5.72. The van der Waals surface area contributed by atoms with Gasteiger partial charge in [0.2, 0.25) is 0 Å². The molecule has 0 aliphatic carbocycles. The van der Waals surface area contributed by atoms with Gasteiger partial charge in [0.25, 0.3) is 11.8 Å². The maximum atomic E-state index is 12.3. The number of hydrogen-bond acceptors (Lipinski definition) is 8. The van der Waals surface area contributed by atoms with Gasteiger partial charge >= 0.3 is 0 Å². The molecule has 1 N–H and O–H groups in total. The van der Waals surface area contributed by atoms with Crippen molar-refractivity contribution in [2.24, 2.45) is 0 Å². The number of imide groups is 1. The van der Waals surface area contributed by atoms with Crippen LogP contribution >= 0.6 is 35.1 Å². The van der Waals surface area contributed by atoms with Gasteiger partial charge < -0.3 is 4.42 Å². The molecule has 0 radical (unpaired) electrons. The summed E-state index contributed by atoms with van der Waals surface area (Å²) in [5.41, 5.74) is 4.23. The van der Waals surface area contributed by atoms with E-state index in [1.165, 1.54) is 17.4 Å². The zero-order valence-corrected chi connectivity index (χ0v) is 17.4. The summed E-state index contributed by atoms with van der Waals surface area (Å²) < 4.78 is 5.43. The van der Waals surface area contributed by atoms with Crippen molar-refractivity contribution in [2.45, 2.75) is 6.92 Å². The third-order valence-electron chi connectivity index (χ3n) is 4.28. The minimum absolute atomic E-state index is 0. The van der Waals surface area contributed by atoms with E-state index < -0.39 is 11.8 Å². The number of rotatable bonds is 4. The summed E-state index contributed by atoms with van der Waals surface area (Å²) in [5.74, 6) is 0.435. The lowest BCUT2D eigenvalue weighted by Crippen LogP contribution is -2.36. The van der Waals surface area contributed by atoms with Crippen molar-refractivity contribution in [3.8, 4) is 22.0 Å². The number of furan rings is 1. The van der Waals surface area contributed by atoms with E-state index >= 15 is 0 Å². The zero-order chi connectivity index (χ0) is 19.3. The normalized spacial score (nSPS) is 13.7. The molecule has 0 aromatic carbocycles. The molecule has 7 nitrogen and oxygen atoms in total. The van der Waals surface area contributed by atoms with Gasteiger partial charge in [-0.2, -0.15) is 5.01 Å². The largest absolute Gasteiger partial charge is 0.461 e. The second-order valence-corrected chi connectivity index (χ2v) is 7.90. The Hall–Kier alpha value is -3.01. The van der Waals surface area contributed by atoms with Gasteiger partial charge in [-0.15, -0.1) is 35.1 Å². The minimum atomic E-state index is -0.429. The summed E-state index contributed by atoms with van der Waals surface area (Å²) in [7, 11) is 0. The SMILES string of the molecule is CC1=CC(=O)N(Nc2nc(-c3ccco3)nc3scc(-c4cccs4)c23)C1=O.Cl. The molecule has 0 saturated carbocycles. The average Bonchev–Trinajstić information content (AvgIpc) is 3.46. The Balaban J connectivity index is 0.00000205. The van der Waals surface area contributed by atoms with Crippen molar-refractivity contribution < 1.29 is 14.0 Å². The van der Waals surface area contributed by atoms with Crippen LogP contribution in [0.2, 0.25) is 0 Å². The van der Waals surface area contributed by atoms with Gasteiger partial charge in [0.15, 0.2) is 17.4 Å². The van der Waals surface area contributed by atoms with Crippen molar-refractivity contribution >= 4 is 62.9 Å². The van der Waals surface area contributed by atoms with Crippen LogP contribution in [-0.4, -0.2) is 26.8 Å². The highest BCUT2D eigenvalue weighted by Crippen LogP contribution is 2.40. The maximum absolute atomic E-state index is 12.3. The minimum Gasteiger partial charge on any atom is -0.461 e. The number of carbonyl (C=O) groups is 2. The van der Waals surface area contributed by atoms with Crippen LogP contribution in [0.3, 0.4) is 0 Å². The average molecular weight is 445 g/mol. The Bertz CT molecular complexity index is 1250. The van der Waals surface area contributed by atoms with E-state index in [0.29, 0.717) is 23.0 Å². The molecule has 10 heteroatoms. The van der Waals surface area contributed by atoms with Crippen molar-refractivity contribution in [2.75, 3.05) is 5.43 Å². The van der Waals surface area contributed by atoms with Crippen LogP contribution in [0.1, 0.15) is 6.92 Å². The van der Waals surface area contributed by atoms with Crippen LogP contribution < -0.4 is 5.43 Å². The first-order chi connectivity index (χ1) is 13.6. The van der Waals surface area contributed by atoms with E-state index in [1.807, 2.05) is 22.9 Å². The zero-order valence-electron chi connectivity index (χ0n) is 14.9. The number of carbonyl (C=O) groups excluding carboxylic acids is 2. The molecule has 4 aromatic rings. The number of hydrazine groups is 1. The van der Waals surface area contributed by atoms with Crippen molar-refractivity contribution in [1.82, 2.24) is 15.0 Å². The highest BCUT2D eigenvalue weighted by Gasteiger charge is 2.30. The number of aromatic nitrogens is 2. The van der Waals surface area contributed by atoms with Gasteiger partial charge in [-0.05, 0) is 30.5 Å². The topological polar surface area (TPSA) is 88.3 Å². The number of thiophene rings is 2. The van der Waals surface area contributed by atoms with E-state index in [-0.39, 0.29) is 12.4 Å². The van der Waals surface area contributed by atoms with Crippen LogP contribution in [0.25, 0.3) is 32.2 Å². The number of hydrogen-bond donors (Lipinski definition) is 1. The molecule has 0 spiro atoms. The van der Waals surface area contributed by atoms with Crippen LogP contribution in [0, 0.1) is 0 Å². The molecular weight excluding hydrogens is 432 g/mol. The smallest absolute Gasteiger partial charge is 0.275 e. The lowest BCUT2D eigenvalue weighted by Gasteiger charge is -2.17. The van der Waals surface area contributed by atoms with Gasteiger partial charge in [-0.3, -0.25) is 15.0 Å². The number of nitrogens with zero attached hydrogens (tertiary/aromatic N) is 3. The first-order valence-corrected chi connectivity index (χ1v) is 10.1. The van der Waals surface area contributed by atoms with Gasteiger partial charge in [0, 0.05) is 27.5 Å². The molecule has 0 bridgehead atoms. The third-order valence-corrected chi connectivity index (χ3v) is 6.06. The molecule has 1 aliphatic rings. The standard InChI is InChI=1S/C19H12N4O3S2.ClH/c1-10-8-14(24)23(19(10)25)22-17-15-11(13-5-3-7-27-13)9-28-18(15)21-16(20-17)12-4-2-6-26-12;/h2-9H,1H3,(H,20,21,22);1H. The van der Waals surface area contributed by atoms with Crippen molar-refractivity contribution in [1.29, 1.82) is 0 Å². The highest BCUT2D eigenvalue weighted by atomic mass is 35.5. The lowest BCUT2D eigenvalue weighted by molar-refractivity contribution is -0.135. The lowest BCUT2D eigenvalue weighted by atomic mass is 10.2. The van der Waals surface area contributed by atoms with E-state index in [2.05, 4.69) is 15.4 Å². The molecule has 0 unspecified atom stereocenters. The summed E-state index contributed by atoms with van der Waals surface area (Å²) in [6.07, 6.45) is 2.84. The fourth-order valence-corrected chi connectivity index (χ4v) is 4.71. The van der Waals surface area contributed by atoms with Crippen LogP contribution in [0.15, 0.2) is 57.4 Å². The number of fused-ring (bicyclic) bond motifs is 1. The highest BCUT2D eigenvalue weighted by molar-refractivity contribution is 7.18. The molecule has 29 heavy (non-hydrogen) atoms. The molecule has 1 aliphatic heterocycles. The van der Waals surface area contributed by atoms with E-state index in [4.69, 9.17) is 4.42 Å². The first kappa shape index (κ1) is 19.3. The summed E-state index contributed by atoms with van der Waals surface area (Å²) in [6.45, 7) is 1.60. The van der Waals surface area contributed by atoms with Crippen molar-refractivity contribution in [3.63, 3.8) is 0 Å². The quantitative estimate of drug-likeness (QED) is 0.457. The number of halogens is 1. The van der Waals surface area contributed by atoms with Crippen LogP contribution in [-0.2, 0) is 9.59 Å². The number of amides is 2. The van der Waals surface area contributed by atoms with Crippen LogP contribution in [0.4, 0.5) is 5.82 Å². The second kappa shape index (κ2) is 7.43. The van der Waals surface area contributed by atoms with Crippen LogP contribution in [0.5, 0.6) is 0 Å². The Kier molecular flexibility index (Phi) is 4.95. The van der Waals surface area contributed by atoms with Crippen molar-refractivity contribution in [3.05, 3.63) is 52.9 Å². The Labute approximate surface area is 179 Å². The van der Waals surface area contributed by atoms with E-state index in [0.717, 1.165) is 25.7 Å². The van der Waals surface area contributed by atoms with Gasteiger partial charge in [-0.1, -0.05) is 6.07 Å². The van der Waals surface area contributed by atoms with E-state index in [1.54, 1.807) is 36.7 Å². The summed E-state index contributed by atoms with van der Waals surface area (Å²) >= 11 is 3.07. The molecule has 0 fully saturated rings. The van der Waals surface area contributed by atoms with Gasteiger partial charge in [0.05, 0.1) is 11.6 Å². The van der Waals surface area contributed by atoms with E-state index in [9.17, 15) is 9.59 Å². The van der Waals surface area contributed by atoms with Gasteiger partial charge in [-0.25, -0.2) is 9.97 Å². The van der Waals surface area contributed by atoms with Gasteiger partial charge in [0.1, 0.15) is 4.83 Å².